The number of nitro benzene ring substituents is 1. The molecule has 0 saturated carbocycles. The Labute approximate surface area is 123 Å². The van der Waals surface area contributed by atoms with E-state index >= 15 is 0 Å². The van der Waals surface area contributed by atoms with Crippen molar-refractivity contribution in [1.29, 1.82) is 0 Å². The molecule has 2 aromatic carbocycles. The SMILES string of the molecule is CCNc1cccc(N2CCc3ccccc32)c1[N+](=O)[O-]. The van der Waals surface area contributed by atoms with E-state index in [0.29, 0.717) is 17.9 Å². The third-order valence-corrected chi connectivity index (χ3v) is 3.74. The van der Waals surface area contributed by atoms with Crippen molar-refractivity contribution < 1.29 is 4.92 Å². The Kier molecular flexibility index (Phi) is 3.48. The Morgan fingerprint density at radius 3 is 2.71 bits per heavy atom. The Morgan fingerprint density at radius 2 is 1.95 bits per heavy atom. The molecule has 0 fully saturated rings. The molecule has 1 N–H and O–H groups in total. The zero-order valence-electron chi connectivity index (χ0n) is 11.9. The second-order valence-electron chi connectivity index (χ2n) is 4.99. The second-order valence-corrected chi connectivity index (χ2v) is 4.99. The van der Waals surface area contributed by atoms with Crippen molar-refractivity contribution in [2.24, 2.45) is 0 Å². The third kappa shape index (κ3) is 2.31. The molecule has 0 saturated heterocycles. The first kappa shape index (κ1) is 13.4. The zero-order valence-corrected chi connectivity index (χ0v) is 11.9. The van der Waals surface area contributed by atoms with Crippen molar-refractivity contribution in [2.75, 3.05) is 23.3 Å². The number of nitrogens with zero attached hydrogens (tertiary/aromatic N) is 2. The molecule has 1 aliphatic heterocycles. The number of rotatable bonds is 4. The van der Waals surface area contributed by atoms with Gasteiger partial charge in [0.15, 0.2) is 0 Å². The summed E-state index contributed by atoms with van der Waals surface area (Å²) in [7, 11) is 0. The highest BCUT2D eigenvalue weighted by atomic mass is 16.6. The van der Waals surface area contributed by atoms with Crippen molar-refractivity contribution in [3.63, 3.8) is 0 Å². The van der Waals surface area contributed by atoms with Crippen molar-refractivity contribution in [3.05, 3.63) is 58.1 Å². The van der Waals surface area contributed by atoms with Crippen molar-refractivity contribution in [1.82, 2.24) is 0 Å². The van der Waals surface area contributed by atoms with Crippen LogP contribution in [0.3, 0.4) is 0 Å². The van der Waals surface area contributed by atoms with E-state index in [2.05, 4.69) is 11.4 Å². The summed E-state index contributed by atoms with van der Waals surface area (Å²) in [6, 6.07) is 13.5. The number of benzene rings is 2. The van der Waals surface area contributed by atoms with Gasteiger partial charge in [0, 0.05) is 18.8 Å². The Balaban J connectivity index is 2.11. The summed E-state index contributed by atoms with van der Waals surface area (Å²) < 4.78 is 0. The lowest BCUT2D eigenvalue weighted by Gasteiger charge is -2.20. The van der Waals surface area contributed by atoms with Gasteiger partial charge in [-0.15, -0.1) is 0 Å². The summed E-state index contributed by atoms with van der Waals surface area (Å²) in [6.45, 7) is 3.36. The van der Waals surface area contributed by atoms with Crippen LogP contribution in [0.2, 0.25) is 0 Å². The highest BCUT2D eigenvalue weighted by molar-refractivity contribution is 5.83. The molecule has 0 aliphatic carbocycles. The molecule has 5 nitrogen and oxygen atoms in total. The van der Waals surface area contributed by atoms with Crippen LogP contribution in [-0.4, -0.2) is 18.0 Å². The van der Waals surface area contributed by atoms with E-state index < -0.39 is 0 Å². The monoisotopic (exact) mass is 283 g/mol. The van der Waals surface area contributed by atoms with Crippen LogP contribution in [0.4, 0.5) is 22.7 Å². The number of nitro groups is 1. The van der Waals surface area contributed by atoms with Gasteiger partial charge in [-0.25, -0.2) is 0 Å². The Hall–Kier alpha value is -2.56. The maximum atomic E-state index is 11.5. The summed E-state index contributed by atoms with van der Waals surface area (Å²) in [5.74, 6) is 0. The van der Waals surface area contributed by atoms with E-state index in [1.165, 1.54) is 5.56 Å². The van der Waals surface area contributed by atoms with Crippen molar-refractivity contribution in [2.45, 2.75) is 13.3 Å². The van der Waals surface area contributed by atoms with Gasteiger partial charge in [-0.3, -0.25) is 10.1 Å². The molecule has 0 amide bonds. The van der Waals surface area contributed by atoms with Gasteiger partial charge < -0.3 is 10.2 Å². The number of hydrogen-bond acceptors (Lipinski definition) is 4. The van der Waals surface area contributed by atoms with E-state index in [4.69, 9.17) is 0 Å². The number of anilines is 3. The lowest BCUT2D eigenvalue weighted by molar-refractivity contribution is -0.383. The molecule has 1 aliphatic rings. The van der Waals surface area contributed by atoms with Crippen molar-refractivity contribution in [3.8, 4) is 0 Å². The maximum absolute atomic E-state index is 11.5. The molecule has 0 bridgehead atoms. The molecule has 3 rings (SSSR count). The predicted octanol–water partition coefficient (Wildman–Crippen LogP) is 3.72. The first-order valence-corrected chi connectivity index (χ1v) is 7.09. The predicted molar refractivity (Wildman–Crippen MR) is 84.4 cm³/mol. The second kappa shape index (κ2) is 5.44. The van der Waals surface area contributed by atoms with Crippen LogP contribution >= 0.6 is 0 Å². The molecule has 1 heterocycles. The highest BCUT2D eigenvalue weighted by Crippen LogP contribution is 2.42. The minimum absolute atomic E-state index is 0.149. The lowest BCUT2D eigenvalue weighted by atomic mass is 10.1. The van der Waals surface area contributed by atoms with Crippen LogP contribution < -0.4 is 10.2 Å². The van der Waals surface area contributed by atoms with Gasteiger partial charge >= 0.3 is 5.69 Å². The van der Waals surface area contributed by atoms with E-state index in [1.54, 1.807) is 6.07 Å². The fourth-order valence-electron chi connectivity index (χ4n) is 2.86. The van der Waals surface area contributed by atoms with Crippen LogP contribution in [0.5, 0.6) is 0 Å². The third-order valence-electron chi connectivity index (χ3n) is 3.74. The topological polar surface area (TPSA) is 58.4 Å². The molecule has 21 heavy (non-hydrogen) atoms. The molecule has 0 aromatic heterocycles. The van der Waals surface area contributed by atoms with Crippen LogP contribution in [0.25, 0.3) is 0 Å². The van der Waals surface area contributed by atoms with Gasteiger partial charge in [0.1, 0.15) is 11.4 Å². The van der Waals surface area contributed by atoms with Gasteiger partial charge in [-0.1, -0.05) is 24.3 Å². The van der Waals surface area contributed by atoms with Crippen molar-refractivity contribution >= 4 is 22.7 Å². The van der Waals surface area contributed by atoms with Gasteiger partial charge in [0.2, 0.25) is 0 Å². The molecule has 5 heteroatoms. The first-order valence-electron chi connectivity index (χ1n) is 7.09. The van der Waals surface area contributed by atoms with Gasteiger partial charge in [0.05, 0.1) is 4.92 Å². The van der Waals surface area contributed by atoms with E-state index in [-0.39, 0.29) is 10.6 Å². The first-order chi connectivity index (χ1) is 10.2. The van der Waals surface area contributed by atoms with Crippen LogP contribution in [0.1, 0.15) is 12.5 Å². The quantitative estimate of drug-likeness (QED) is 0.686. The van der Waals surface area contributed by atoms with E-state index in [0.717, 1.165) is 18.7 Å². The summed E-state index contributed by atoms with van der Waals surface area (Å²) in [5.41, 5.74) is 3.68. The molecule has 108 valence electrons. The average Bonchev–Trinajstić information content (AvgIpc) is 2.91. The summed E-state index contributed by atoms with van der Waals surface area (Å²) >= 11 is 0. The molecular weight excluding hydrogens is 266 g/mol. The summed E-state index contributed by atoms with van der Waals surface area (Å²) in [5, 5.41) is 14.6. The normalized spacial score (nSPS) is 13.1. The Morgan fingerprint density at radius 1 is 1.19 bits per heavy atom. The maximum Gasteiger partial charge on any atom is 0.315 e. The van der Waals surface area contributed by atoms with Crippen LogP contribution in [0, 0.1) is 10.1 Å². The summed E-state index contributed by atoms with van der Waals surface area (Å²) in [4.78, 5) is 13.3. The fraction of sp³-hybridized carbons (Fsp3) is 0.250. The number of hydrogen-bond donors (Lipinski definition) is 1. The molecule has 0 radical (unpaired) electrons. The minimum Gasteiger partial charge on any atom is -0.380 e. The summed E-state index contributed by atoms with van der Waals surface area (Å²) in [6.07, 6.45) is 0.915. The number of fused-ring (bicyclic) bond motifs is 1. The van der Waals surface area contributed by atoms with E-state index in [9.17, 15) is 10.1 Å². The molecule has 2 aromatic rings. The highest BCUT2D eigenvalue weighted by Gasteiger charge is 2.28. The molecule has 0 atom stereocenters. The Bertz CT molecular complexity index is 685. The molecular formula is C16H17N3O2. The van der Waals surface area contributed by atoms with Crippen LogP contribution in [-0.2, 0) is 6.42 Å². The minimum atomic E-state index is -0.297. The molecule has 0 unspecified atom stereocenters. The van der Waals surface area contributed by atoms with Gasteiger partial charge in [-0.2, -0.15) is 0 Å². The zero-order chi connectivity index (χ0) is 14.8. The molecule has 0 spiro atoms. The van der Waals surface area contributed by atoms with Crippen LogP contribution in [0.15, 0.2) is 42.5 Å². The largest absolute Gasteiger partial charge is 0.380 e. The average molecular weight is 283 g/mol. The smallest absolute Gasteiger partial charge is 0.315 e. The van der Waals surface area contributed by atoms with E-state index in [1.807, 2.05) is 42.2 Å². The standard InChI is InChI=1S/C16H17N3O2/c1-2-17-13-7-5-9-15(16(13)19(20)21)18-11-10-12-6-3-4-8-14(12)18/h3-9,17H,2,10-11H2,1H3. The van der Waals surface area contributed by atoms with Gasteiger partial charge in [-0.05, 0) is 37.1 Å². The lowest BCUT2D eigenvalue weighted by Crippen LogP contribution is -2.16. The van der Waals surface area contributed by atoms with Gasteiger partial charge in [0.25, 0.3) is 0 Å². The fourth-order valence-corrected chi connectivity index (χ4v) is 2.86. The number of para-hydroxylation sites is 2. The number of nitrogens with one attached hydrogen (secondary N) is 1.